The minimum atomic E-state index is -1.17. The third kappa shape index (κ3) is 3.78. The highest BCUT2D eigenvalue weighted by Gasteiger charge is 2.20. The second-order valence-electron chi connectivity index (χ2n) is 5.21. The number of carboxylic acids is 1. The number of nitrogens with zero attached hydrogens (tertiary/aromatic N) is 1. The summed E-state index contributed by atoms with van der Waals surface area (Å²) < 4.78 is 0. The first-order valence-corrected chi connectivity index (χ1v) is 6.99. The topological polar surface area (TPSA) is 98.5 Å². The molecular formula is C16H20N2O4. The highest BCUT2D eigenvalue weighted by atomic mass is 16.4. The second kappa shape index (κ2) is 6.98. The van der Waals surface area contributed by atoms with Crippen molar-refractivity contribution < 1.29 is 19.5 Å². The first kappa shape index (κ1) is 17.6. The minimum absolute atomic E-state index is 0.0620. The molecule has 0 bridgehead atoms. The Balaban J connectivity index is 3.49. The molecule has 22 heavy (non-hydrogen) atoms. The quantitative estimate of drug-likeness (QED) is 0.789. The van der Waals surface area contributed by atoms with Crippen LogP contribution in [-0.2, 0) is 9.59 Å². The Labute approximate surface area is 129 Å². The average Bonchev–Trinajstić information content (AvgIpc) is 2.44. The number of ketones is 1. The molecule has 1 amide bonds. The van der Waals surface area contributed by atoms with Gasteiger partial charge in [0.2, 0.25) is 5.91 Å². The molecule has 0 aliphatic carbocycles. The minimum Gasteiger partial charge on any atom is -0.478 e. The lowest BCUT2D eigenvalue weighted by atomic mass is 10.0. The highest BCUT2D eigenvalue weighted by Crippen LogP contribution is 2.23. The van der Waals surface area contributed by atoms with Gasteiger partial charge in [-0.25, -0.2) is 4.79 Å². The van der Waals surface area contributed by atoms with E-state index in [1.54, 1.807) is 20.8 Å². The Morgan fingerprint density at radius 2 is 1.73 bits per heavy atom. The van der Waals surface area contributed by atoms with Gasteiger partial charge in [-0.3, -0.25) is 15.0 Å². The van der Waals surface area contributed by atoms with E-state index in [1.165, 1.54) is 30.0 Å². The van der Waals surface area contributed by atoms with Crippen molar-refractivity contribution in [1.82, 2.24) is 0 Å². The molecule has 0 heterocycles. The average molecular weight is 304 g/mol. The predicted molar refractivity (Wildman–Crippen MR) is 83.8 cm³/mol. The molecule has 1 aromatic rings. The van der Waals surface area contributed by atoms with Crippen LogP contribution >= 0.6 is 0 Å². The molecule has 0 aliphatic rings. The number of carboxylic acid groups (broad SMARTS) is 1. The molecule has 0 unspecified atom stereocenters. The van der Waals surface area contributed by atoms with Crippen molar-refractivity contribution in [3.8, 4) is 0 Å². The van der Waals surface area contributed by atoms with Crippen LogP contribution in [0, 0.1) is 5.41 Å². The van der Waals surface area contributed by atoms with Gasteiger partial charge >= 0.3 is 5.97 Å². The van der Waals surface area contributed by atoms with E-state index in [1.807, 2.05) is 0 Å². The largest absolute Gasteiger partial charge is 0.478 e. The monoisotopic (exact) mass is 304 g/mol. The molecule has 0 aliphatic heterocycles. The van der Waals surface area contributed by atoms with Gasteiger partial charge in [0.15, 0.2) is 5.78 Å². The van der Waals surface area contributed by atoms with Gasteiger partial charge in [-0.15, -0.1) is 0 Å². The van der Waals surface area contributed by atoms with Gasteiger partial charge in [0.05, 0.1) is 5.56 Å². The zero-order chi connectivity index (χ0) is 17.0. The second-order valence-corrected chi connectivity index (χ2v) is 5.21. The van der Waals surface area contributed by atoms with E-state index in [4.69, 9.17) is 5.41 Å². The first-order valence-electron chi connectivity index (χ1n) is 6.99. The molecule has 6 heteroatoms. The van der Waals surface area contributed by atoms with Crippen molar-refractivity contribution in [3.05, 3.63) is 29.3 Å². The van der Waals surface area contributed by atoms with Gasteiger partial charge in [-0.05, 0) is 32.0 Å². The number of benzene rings is 1. The molecule has 118 valence electrons. The van der Waals surface area contributed by atoms with E-state index in [0.29, 0.717) is 5.69 Å². The van der Waals surface area contributed by atoms with Crippen LogP contribution in [0.15, 0.2) is 18.2 Å². The molecule has 1 aromatic carbocycles. The predicted octanol–water partition coefficient (Wildman–Crippen LogP) is 2.49. The third-order valence-corrected chi connectivity index (χ3v) is 3.19. The van der Waals surface area contributed by atoms with E-state index in [-0.39, 0.29) is 41.0 Å². The smallest absolute Gasteiger partial charge is 0.335 e. The van der Waals surface area contributed by atoms with Crippen LogP contribution in [0.4, 0.5) is 5.69 Å². The van der Waals surface area contributed by atoms with E-state index in [2.05, 4.69) is 0 Å². The number of Topliss-reactive ketones (excluding diaryl/α,β-unsaturated/α-hetero) is 1. The zero-order valence-electron chi connectivity index (χ0n) is 13.1. The summed E-state index contributed by atoms with van der Waals surface area (Å²) in [5, 5.41) is 17.1. The molecule has 0 spiro atoms. The molecule has 0 saturated carbocycles. The summed E-state index contributed by atoms with van der Waals surface area (Å²) in [5.41, 5.74) is 0.256. The number of hydrogen-bond acceptors (Lipinski definition) is 4. The number of rotatable bonds is 6. The summed E-state index contributed by atoms with van der Waals surface area (Å²) in [4.78, 5) is 36.2. The van der Waals surface area contributed by atoms with E-state index in [0.717, 1.165) is 0 Å². The fourth-order valence-electron chi connectivity index (χ4n) is 2.20. The molecule has 6 nitrogen and oxygen atoms in total. The fraction of sp³-hybridized carbons (Fsp3) is 0.375. The van der Waals surface area contributed by atoms with Crippen molar-refractivity contribution in [2.24, 2.45) is 0 Å². The van der Waals surface area contributed by atoms with E-state index < -0.39 is 5.97 Å². The lowest BCUT2D eigenvalue weighted by molar-refractivity contribution is -0.117. The first-order chi connectivity index (χ1) is 10.2. The number of aromatic carboxylic acids is 1. The van der Waals surface area contributed by atoms with Gasteiger partial charge in [-0.1, -0.05) is 6.92 Å². The van der Waals surface area contributed by atoms with Crippen molar-refractivity contribution in [1.29, 1.82) is 5.41 Å². The summed E-state index contributed by atoms with van der Waals surface area (Å²) in [6, 6.07) is 3.98. The molecule has 2 N–H and O–H groups in total. The lowest BCUT2D eigenvalue weighted by Gasteiger charge is -2.26. The molecule has 0 aromatic heterocycles. The lowest BCUT2D eigenvalue weighted by Crippen LogP contribution is -2.35. The maximum Gasteiger partial charge on any atom is 0.335 e. The van der Waals surface area contributed by atoms with Gasteiger partial charge in [0.1, 0.15) is 5.71 Å². The van der Waals surface area contributed by atoms with E-state index in [9.17, 15) is 19.5 Å². The summed E-state index contributed by atoms with van der Waals surface area (Å²) in [6.07, 6.45) is 0.159. The van der Waals surface area contributed by atoms with Crippen molar-refractivity contribution in [2.75, 3.05) is 4.90 Å². The number of hydrogen-bond donors (Lipinski definition) is 2. The van der Waals surface area contributed by atoms with Crippen LogP contribution in [0.1, 0.15) is 50.0 Å². The van der Waals surface area contributed by atoms with Crippen LogP contribution in [0.2, 0.25) is 0 Å². The summed E-state index contributed by atoms with van der Waals surface area (Å²) in [5.74, 6) is -1.80. The van der Waals surface area contributed by atoms with Gasteiger partial charge in [0.25, 0.3) is 0 Å². The number of carbonyl (C=O) groups is 3. The van der Waals surface area contributed by atoms with Crippen LogP contribution < -0.4 is 4.90 Å². The van der Waals surface area contributed by atoms with Crippen molar-refractivity contribution in [3.63, 3.8) is 0 Å². The Morgan fingerprint density at radius 1 is 1.18 bits per heavy atom. The number of carbonyl (C=O) groups excluding carboxylic acids is 2. The maximum absolute atomic E-state index is 11.8. The van der Waals surface area contributed by atoms with E-state index >= 15 is 0 Å². The molecule has 0 saturated heterocycles. The summed E-state index contributed by atoms with van der Waals surface area (Å²) in [7, 11) is 0. The molecule has 1 rings (SSSR count). The standard InChI is InChI=1S/C16H20N2O4/c1-5-14(20)15(17)11-6-12(16(21)22)8-13(7-11)18(9(2)3)10(4)19/h6-9,17H,5H2,1-4H3,(H,21,22). The Morgan fingerprint density at radius 3 is 2.14 bits per heavy atom. The molecule has 0 atom stereocenters. The Kier molecular flexibility index (Phi) is 5.56. The van der Waals surface area contributed by atoms with Crippen molar-refractivity contribution >= 4 is 29.1 Å². The zero-order valence-corrected chi connectivity index (χ0v) is 13.1. The highest BCUT2D eigenvalue weighted by molar-refractivity contribution is 6.45. The number of anilines is 1. The van der Waals surface area contributed by atoms with Gasteiger partial charge in [0, 0.05) is 30.6 Å². The van der Waals surface area contributed by atoms with Crippen LogP contribution in [0.25, 0.3) is 0 Å². The van der Waals surface area contributed by atoms with Crippen LogP contribution in [0.5, 0.6) is 0 Å². The molecule has 0 radical (unpaired) electrons. The Bertz CT molecular complexity index is 635. The maximum atomic E-state index is 11.8. The van der Waals surface area contributed by atoms with Crippen molar-refractivity contribution in [2.45, 2.75) is 40.2 Å². The molecular weight excluding hydrogens is 284 g/mol. The number of nitrogens with one attached hydrogen (secondary N) is 1. The third-order valence-electron chi connectivity index (χ3n) is 3.19. The summed E-state index contributed by atoms with van der Waals surface area (Å²) >= 11 is 0. The SMILES string of the molecule is CCC(=O)C(=N)c1cc(C(=O)O)cc(N(C(C)=O)C(C)C)c1. The molecule has 0 fully saturated rings. The van der Waals surface area contributed by atoms with Crippen LogP contribution in [0.3, 0.4) is 0 Å². The number of amides is 1. The van der Waals surface area contributed by atoms with Crippen LogP contribution in [-0.4, -0.2) is 34.5 Å². The summed E-state index contributed by atoms with van der Waals surface area (Å²) in [6.45, 7) is 6.62. The van der Waals surface area contributed by atoms with Gasteiger partial charge in [-0.2, -0.15) is 0 Å². The fourth-order valence-corrected chi connectivity index (χ4v) is 2.20. The Hall–Kier alpha value is -2.50. The normalized spacial score (nSPS) is 10.4. The van der Waals surface area contributed by atoms with Gasteiger partial charge < -0.3 is 10.0 Å².